The fraction of sp³-hybridized carbons (Fsp3) is 0.750. The smallest absolute Gasteiger partial charge is 0.131 e. The van der Waals surface area contributed by atoms with Crippen LogP contribution >= 0.6 is 11.6 Å². The number of aryl methyl sites for hydroxylation is 2. The van der Waals surface area contributed by atoms with E-state index in [2.05, 4.69) is 24.0 Å². The fourth-order valence-electron chi connectivity index (χ4n) is 2.67. The van der Waals surface area contributed by atoms with Gasteiger partial charge >= 0.3 is 0 Å². The van der Waals surface area contributed by atoms with E-state index in [-0.39, 0.29) is 6.10 Å². The van der Waals surface area contributed by atoms with Crippen molar-refractivity contribution < 1.29 is 4.74 Å². The number of hydrogen-bond acceptors (Lipinski definition) is 3. The van der Waals surface area contributed by atoms with Gasteiger partial charge in [-0.25, -0.2) is 0 Å². The van der Waals surface area contributed by atoms with Crippen LogP contribution in [0, 0.1) is 6.92 Å². The van der Waals surface area contributed by atoms with Crippen LogP contribution in [0.3, 0.4) is 0 Å². The van der Waals surface area contributed by atoms with Gasteiger partial charge in [0.05, 0.1) is 23.7 Å². The maximum absolute atomic E-state index is 6.03. The van der Waals surface area contributed by atoms with Gasteiger partial charge in [-0.15, -0.1) is 11.6 Å². The van der Waals surface area contributed by atoms with Gasteiger partial charge in [-0.05, 0) is 20.3 Å². The number of nitrogens with zero attached hydrogens (tertiary/aromatic N) is 3. The van der Waals surface area contributed by atoms with Crippen molar-refractivity contribution in [3.05, 3.63) is 11.3 Å². The Labute approximate surface area is 107 Å². The van der Waals surface area contributed by atoms with Crippen molar-refractivity contribution in [2.24, 2.45) is 7.05 Å². The van der Waals surface area contributed by atoms with E-state index < -0.39 is 0 Å². The first-order valence-corrected chi connectivity index (χ1v) is 6.52. The summed E-state index contributed by atoms with van der Waals surface area (Å²) in [5, 5.41) is 4.45. The Hall–Kier alpha value is -0.740. The average Bonchev–Trinajstić information content (AvgIpc) is 2.81. The molecule has 4 nitrogen and oxygen atoms in total. The minimum atomic E-state index is 0.262. The zero-order valence-electron chi connectivity index (χ0n) is 10.9. The number of rotatable bonds is 3. The molecule has 0 radical (unpaired) electrons. The summed E-state index contributed by atoms with van der Waals surface area (Å²) in [6.45, 7) is 4.96. The van der Waals surface area contributed by atoms with Gasteiger partial charge in [-0.3, -0.25) is 4.68 Å². The highest BCUT2D eigenvalue weighted by atomic mass is 35.5. The van der Waals surface area contributed by atoms with Crippen molar-refractivity contribution in [3.8, 4) is 0 Å². The lowest BCUT2D eigenvalue weighted by molar-refractivity contribution is 0.118. The molecule has 1 aromatic heterocycles. The quantitative estimate of drug-likeness (QED) is 0.777. The molecular formula is C12H20ClN3O. The lowest BCUT2D eigenvalue weighted by Crippen LogP contribution is -2.38. The number of ether oxygens (including phenoxy) is 1. The molecule has 96 valence electrons. The molecule has 2 atom stereocenters. The lowest BCUT2D eigenvalue weighted by Gasteiger charge is -2.29. The third-order valence-electron chi connectivity index (χ3n) is 3.61. The molecule has 0 bridgehead atoms. The summed E-state index contributed by atoms with van der Waals surface area (Å²) in [5.74, 6) is 1.61. The number of anilines is 1. The Morgan fingerprint density at radius 1 is 1.59 bits per heavy atom. The molecule has 0 aliphatic carbocycles. The number of likely N-dealkylation sites (N-methyl/N-ethyl adjacent to an activating group) is 1. The molecular weight excluding hydrogens is 238 g/mol. The third kappa shape index (κ3) is 2.16. The minimum absolute atomic E-state index is 0.262. The van der Waals surface area contributed by atoms with Gasteiger partial charge < -0.3 is 9.64 Å². The van der Waals surface area contributed by atoms with E-state index in [1.807, 2.05) is 18.7 Å². The zero-order chi connectivity index (χ0) is 12.6. The molecule has 0 aromatic carbocycles. The Morgan fingerprint density at radius 2 is 2.29 bits per heavy atom. The van der Waals surface area contributed by atoms with E-state index in [1.165, 1.54) is 0 Å². The third-order valence-corrected chi connectivity index (χ3v) is 3.88. The molecule has 0 spiro atoms. The number of aromatic nitrogens is 2. The van der Waals surface area contributed by atoms with Gasteiger partial charge in [-0.1, -0.05) is 0 Å². The van der Waals surface area contributed by atoms with E-state index in [0.29, 0.717) is 11.9 Å². The highest BCUT2D eigenvalue weighted by molar-refractivity contribution is 6.17. The summed E-state index contributed by atoms with van der Waals surface area (Å²) >= 11 is 6.03. The molecule has 1 aliphatic heterocycles. The van der Waals surface area contributed by atoms with E-state index in [1.54, 1.807) is 0 Å². The molecule has 0 N–H and O–H groups in total. The van der Waals surface area contributed by atoms with Crippen LogP contribution in [0.1, 0.15) is 24.6 Å². The van der Waals surface area contributed by atoms with Crippen molar-refractivity contribution in [3.63, 3.8) is 0 Å². The highest BCUT2D eigenvalue weighted by Gasteiger charge is 2.30. The topological polar surface area (TPSA) is 30.3 Å². The van der Waals surface area contributed by atoms with Crippen molar-refractivity contribution in [1.29, 1.82) is 0 Å². The largest absolute Gasteiger partial charge is 0.376 e. The van der Waals surface area contributed by atoms with Gasteiger partial charge in [-0.2, -0.15) is 5.10 Å². The predicted molar refractivity (Wildman–Crippen MR) is 69.7 cm³/mol. The first-order chi connectivity index (χ1) is 8.06. The summed E-state index contributed by atoms with van der Waals surface area (Å²) < 4.78 is 7.54. The SMILES string of the molecule is Cc1nn(C)c(N(C)C2CCOC2C)c1CCl. The molecule has 17 heavy (non-hydrogen) atoms. The lowest BCUT2D eigenvalue weighted by atomic mass is 10.1. The molecule has 5 heteroatoms. The van der Waals surface area contributed by atoms with Crippen LogP contribution in [0.2, 0.25) is 0 Å². The zero-order valence-corrected chi connectivity index (χ0v) is 11.7. The Balaban J connectivity index is 2.32. The second-order valence-corrected chi connectivity index (χ2v) is 4.95. The molecule has 2 heterocycles. The molecule has 1 saturated heterocycles. The maximum Gasteiger partial charge on any atom is 0.131 e. The first-order valence-electron chi connectivity index (χ1n) is 5.99. The summed E-state index contributed by atoms with van der Waals surface area (Å²) in [7, 11) is 4.07. The minimum Gasteiger partial charge on any atom is -0.376 e. The van der Waals surface area contributed by atoms with E-state index >= 15 is 0 Å². The molecule has 0 saturated carbocycles. The summed E-state index contributed by atoms with van der Waals surface area (Å²) in [5.41, 5.74) is 2.13. The first kappa shape index (κ1) is 12.7. The van der Waals surface area contributed by atoms with Crippen LogP contribution in [-0.2, 0) is 17.7 Å². The molecule has 2 unspecified atom stereocenters. The number of alkyl halides is 1. The van der Waals surface area contributed by atoms with Gasteiger partial charge in [0.25, 0.3) is 0 Å². The van der Waals surface area contributed by atoms with Crippen LogP contribution in [-0.4, -0.2) is 35.6 Å². The average molecular weight is 258 g/mol. The van der Waals surface area contributed by atoms with Crippen LogP contribution in [0.15, 0.2) is 0 Å². The van der Waals surface area contributed by atoms with Gasteiger partial charge in [0.15, 0.2) is 0 Å². The number of halogens is 1. The van der Waals surface area contributed by atoms with Gasteiger partial charge in [0, 0.05) is 26.3 Å². The van der Waals surface area contributed by atoms with Gasteiger partial charge in [0.1, 0.15) is 5.82 Å². The van der Waals surface area contributed by atoms with Crippen molar-refractivity contribution in [2.45, 2.75) is 38.3 Å². The normalized spacial score (nSPS) is 24.3. The summed E-state index contributed by atoms with van der Waals surface area (Å²) in [6.07, 6.45) is 1.32. The van der Waals surface area contributed by atoms with E-state index in [0.717, 1.165) is 30.1 Å². The molecule has 2 rings (SSSR count). The fourth-order valence-corrected chi connectivity index (χ4v) is 2.99. The van der Waals surface area contributed by atoms with Crippen LogP contribution in [0.25, 0.3) is 0 Å². The van der Waals surface area contributed by atoms with Crippen LogP contribution in [0.4, 0.5) is 5.82 Å². The standard InChI is InChI=1S/C12H20ClN3O/c1-8-10(7-13)12(16(4)14-8)15(3)11-5-6-17-9(11)2/h9,11H,5-7H2,1-4H3. The Bertz CT molecular complexity index is 405. The van der Waals surface area contributed by atoms with Crippen molar-refractivity contribution in [2.75, 3.05) is 18.6 Å². The second-order valence-electron chi connectivity index (χ2n) is 4.69. The maximum atomic E-state index is 6.03. The van der Waals surface area contributed by atoms with Crippen molar-refractivity contribution >= 4 is 17.4 Å². The summed E-state index contributed by atoms with van der Waals surface area (Å²) in [4.78, 5) is 2.26. The number of hydrogen-bond donors (Lipinski definition) is 0. The second kappa shape index (κ2) is 4.86. The predicted octanol–water partition coefficient (Wildman–Crippen LogP) is 2.08. The van der Waals surface area contributed by atoms with Gasteiger partial charge in [0.2, 0.25) is 0 Å². The van der Waals surface area contributed by atoms with Crippen LogP contribution in [0.5, 0.6) is 0 Å². The Kier molecular flexibility index (Phi) is 3.64. The molecule has 1 aliphatic rings. The summed E-state index contributed by atoms with van der Waals surface area (Å²) in [6, 6.07) is 0.409. The monoisotopic (exact) mass is 257 g/mol. The molecule has 0 amide bonds. The Morgan fingerprint density at radius 3 is 2.82 bits per heavy atom. The molecule has 1 aromatic rings. The van der Waals surface area contributed by atoms with E-state index in [9.17, 15) is 0 Å². The molecule has 1 fully saturated rings. The van der Waals surface area contributed by atoms with E-state index in [4.69, 9.17) is 16.3 Å². The van der Waals surface area contributed by atoms with Crippen molar-refractivity contribution in [1.82, 2.24) is 9.78 Å². The highest BCUT2D eigenvalue weighted by Crippen LogP contribution is 2.29. The van der Waals surface area contributed by atoms with Crippen LogP contribution < -0.4 is 4.90 Å².